The molecule has 1 aromatic carbocycles. The van der Waals surface area contributed by atoms with E-state index in [0.29, 0.717) is 31.0 Å². The molecule has 1 saturated heterocycles. The van der Waals surface area contributed by atoms with Crippen molar-refractivity contribution in [1.82, 2.24) is 19.6 Å². The lowest BCUT2D eigenvalue weighted by molar-refractivity contribution is 0.547. The van der Waals surface area contributed by atoms with E-state index in [9.17, 15) is 13.2 Å². The van der Waals surface area contributed by atoms with Crippen LogP contribution < -0.4 is 4.90 Å². The molecule has 0 bridgehead atoms. The van der Waals surface area contributed by atoms with Crippen LogP contribution in [0.15, 0.2) is 18.5 Å². The van der Waals surface area contributed by atoms with Crippen molar-refractivity contribution in [1.29, 1.82) is 0 Å². The predicted molar refractivity (Wildman–Crippen MR) is 90.6 cm³/mol. The molecule has 25 heavy (non-hydrogen) atoms. The zero-order chi connectivity index (χ0) is 17.6. The zero-order valence-electron chi connectivity index (χ0n) is 12.7. The molecule has 0 radical (unpaired) electrons. The summed E-state index contributed by atoms with van der Waals surface area (Å²) in [4.78, 5) is 10.0. The van der Waals surface area contributed by atoms with Crippen molar-refractivity contribution in [3.05, 3.63) is 41.1 Å². The molecule has 5 nitrogen and oxygen atoms in total. The van der Waals surface area contributed by atoms with Crippen LogP contribution in [0.4, 0.5) is 19.0 Å². The molecule has 0 aliphatic carbocycles. The Labute approximate surface area is 149 Å². The van der Waals surface area contributed by atoms with Crippen LogP contribution in [0.1, 0.15) is 0 Å². The Morgan fingerprint density at radius 3 is 2.40 bits per heavy atom. The fourth-order valence-corrected chi connectivity index (χ4v) is 4.02. The fourth-order valence-electron chi connectivity index (χ4n) is 2.87. The number of rotatable bonds is 2. The first-order valence-corrected chi connectivity index (χ1v) is 8.96. The first kappa shape index (κ1) is 16.5. The van der Waals surface area contributed by atoms with Gasteiger partial charge in [-0.25, -0.2) is 13.2 Å². The Morgan fingerprint density at radius 2 is 1.72 bits per heavy atom. The lowest BCUT2D eigenvalue weighted by Crippen LogP contribution is -2.34. The molecule has 1 aliphatic rings. The van der Waals surface area contributed by atoms with Gasteiger partial charge in [-0.1, -0.05) is 11.6 Å². The largest absolute Gasteiger partial charge is 0.354 e. The molecule has 3 heterocycles. The van der Waals surface area contributed by atoms with E-state index in [2.05, 4.69) is 15.1 Å². The van der Waals surface area contributed by atoms with E-state index in [1.807, 2.05) is 4.90 Å². The van der Waals surface area contributed by atoms with E-state index < -0.39 is 23.0 Å². The van der Waals surface area contributed by atoms with Crippen LogP contribution in [-0.2, 0) is 0 Å². The molecule has 0 N–H and O–H groups in total. The molecule has 3 aromatic rings. The topological polar surface area (TPSA) is 46.3 Å². The third-order valence-electron chi connectivity index (χ3n) is 3.93. The van der Waals surface area contributed by atoms with Gasteiger partial charge in [-0.3, -0.25) is 0 Å². The van der Waals surface area contributed by atoms with Gasteiger partial charge in [0.2, 0.25) is 0 Å². The monoisotopic (exact) mass is 385 g/mol. The van der Waals surface area contributed by atoms with E-state index in [4.69, 9.17) is 11.6 Å². The summed E-state index contributed by atoms with van der Waals surface area (Å²) in [6.07, 6.45) is 1.29. The minimum Gasteiger partial charge on any atom is -0.354 e. The lowest BCUT2D eigenvalue weighted by atomic mass is 10.1. The molecule has 0 unspecified atom stereocenters. The highest BCUT2D eigenvalue weighted by atomic mass is 35.5. The molecule has 0 spiro atoms. The highest BCUT2D eigenvalue weighted by molar-refractivity contribution is 7.99. The maximum atomic E-state index is 14.4. The summed E-state index contributed by atoms with van der Waals surface area (Å²) in [5, 5.41) is 4.00. The van der Waals surface area contributed by atoms with E-state index in [1.165, 1.54) is 10.8 Å². The fraction of sp³-hybridized carbons (Fsp3) is 0.267. The SMILES string of the molecule is Fc1cc(F)c(-c2c(Cl)nc3ncnn3c2N2CCSCC2)c(F)c1. The number of fused-ring (bicyclic) bond motifs is 1. The second kappa shape index (κ2) is 6.38. The average Bonchev–Trinajstić information content (AvgIpc) is 3.02. The number of hydrogen-bond donors (Lipinski definition) is 0. The smallest absolute Gasteiger partial charge is 0.255 e. The third-order valence-corrected chi connectivity index (χ3v) is 5.14. The summed E-state index contributed by atoms with van der Waals surface area (Å²) < 4.78 is 43.5. The average molecular weight is 386 g/mol. The van der Waals surface area contributed by atoms with Crippen molar-refractivity contribution in [2.45, 2.75) is 0 Å². The lowest BCUT2D eigenvalue weighted by Gasteiger charge is -2.30. The van der Waals surface area contributed by atoms with E-state index in [0.717, 1.165) is 11.5 Å². The van der Waals surface area contributed by atoms with Crippen molar-refractivity contribution in [3.8, 4) is 11.1 Å². The third kappa shape index (κ3) is 2.81. The second-order valence-electron chi connectivity index (χ2n) is 5.42. The first-order chi connectivity index (χ1) is 12.1. The minimum atomic E-state index is -1.05. The van der Waals surface area contributed by atoms with Crippen LogP contribution >= 0.6 is 23.4 Å². The van der Waals surface area contributed by atoms with Crippen LogP contribution in [0.5, 0.6) is 0 Å². The molecular weight excluding hydrogens is 375 g/mol. The number of halogens is 4. The summed E-state index contributed by atoms with van der Waals surface area (Å²) >= 11 is 8.03. The highest BCUT2D eigenvalue weighted by Crippen LogP contribution is 2.39. The van der Waals surface area contributed by atoms with E-state index in [-0.39, 0.29) is 16.5 Å². The number of anilines is 1. The molecule has 2 aromatic heterocycles. The van der Waals surface area contributed by atoms with Gasteiger partial charge >= 0.3 is 0 Å². The summed E-state index contributed by atoms with van der Waals surface area (Å²) in [5.41, 5.74) is -0.383. The van der Waals surface area contributed by atoms with Crippen LogP contribution in [0.25, 0.3) is 16.9 Å². The quantitative estimate of drug-likeness (QED) is 0.633. The number of aromatic nitrogens is 4. The number of nitrogens with zero attached hydrogens (tertiary/aromatic N) is 5. The molecule has 10 heteroatoms. The minimum absolute atomic E-state index is 0.0431. The van der Waals surface area contributed by atoms with Crippen molar-refractivity contribution in [3.63, 3.8) is 0 Å². The van der Waals surface area contributed by atoms with Crippen LogP contribution in [0, 0.1) is 17.5 Å². The molecule has 1 aliphatic heterocycles. The van der Waals surface area contributed by atoms with Gasteiger partial charge in [0.1, 0.15) is 34.7 Å². The zero-order valence-corrected chi connectivity index (χ0v) is 14.3. The Morgan fingerprint density at radius 1 is 1.04 bits per heavy atom. The maximum Gasteiger partial charge on any atom is 0.255 e. The van der Waals surface area contributed by atoms with Gasteiger partial charge in [-0.15, -0.1) is 0 Å². The summed E-state index contributed by atoms with van der Waals surface area (Å²) in [6.45, 7) is 1.30. The van der Waals surface area contributed by atoms with Crippen molar-refractivity contribution in [2.24, 2.45) is 0 Å². The maximum absolute atomic E-state index is 14.4. The van der Waals surface area contributed by atoms with Crippen molar-refractivity contribution < 1.29 is 13.2 Å². The van der Waals surface area contributed by atoms with Crippen LogP contribution in [0.2, 0.25) is 5.15 Å². The van der Waals surface area contributed by atoms with Gasteiger partial charge in [-0.05, 0) is 0 Å². The number of hydrogen-bond acceptors (Lipinski definition) is 5. The standard InChI is InChI=1S/C15H11ClF3N5S/c16-13-12(11-9(18)5-8(17)6-10(11)19)14(23-1-3-25-4-2-23)24-15(22-13)20-7-21-24/h5-7H,1-4H2. The van der Waals surface area contributed by atoms with Crippen LogP contribution in [0.3, 0.4) is 0 Å². The summed E-state index contributed by atoms with van der Waals surface area (Å²) in [5.74, 6) is -0.766. The Balaban J connectivity index is 2.05. The van der Waals surface area contributed by atoms with Gasteiger partial charge in [0.05, 0.1) is 11.1 Å². The molecule has 0 amide bonds. The van der Waals surface area contributed by atoms with E-state index in [1.54, 1.807) is 11.8 Å². The molecule has 130 valence electrons. The Bertz CT molecular complexity index is 935. The summed E-state index contributed by atoms with van der Waals surface area (Å²) in [6, 6.07) is 1.24. The molecular formula is C15H11ClF3N5S. The molecule has 4 rings (SSSR count). The van der Waals surface area contributed by atoms with E-state index >= 15 is 0 Å². The predicted octanol–water partition coefficient (Wildman–Crippen LogP) is 3.42. The molecule has 0 atom stereocenters. The van der Waals surface area contributed by atoms with Gasteiger partial charge in [0, 0.05) is 36.7 Å². The number of thioether (sulfide) groups is 1. The van der Waals surface area contributed by atoms with Crippen LogP contribution in [-0.4, -0.2) is 44.2 Å². The van der Waals surface area contributed by atoms with Gasteiger partial charge < -0.3 is 4.90 Å². The molecule has 1 fully saturated rings. The van der Waals surface area contributed by atoms with Crippen molar-refractivity contribution in [2.75, 3.05) is 29.5 Å². The summed E-state index contributed by atoms with van der Waals surface area (Å²) in [7, 11) is 0. The van der Waals surface area contributed by atoms with Crippen molar-refractivity contribution >= 4 is 35.0 Å². The van der Waals surface area contributed by atoms with Gasteiger partial charge in [0.25, 0.3) is 5.78 Å². The first-order valence-electron chi connectivity index (χ1n) is 7.43. The second-order valence-corrected chi connectivity index (χ2v) is 7.00. The van der Waals surface area contributed by atoms with Gasteiger partial charge in [0.15, 0.2) is 0 Å². The highest BCUT2D eigenvalue weighted by Gasteiger charge is 2.27. The number of benzene rings is 1. The normalized spacial score (nSPS) is 15.1. The Hall–Kier alpha value is -2.00. The molecule has 0 saturated carbocycles. The van der Waals surface area contributed by atoms with Gasteiger partial charge in [-0.2, -0.15) is 31.3 Å². The Kier molecular flexibility index (Phi) is 4.20.